The Balaban J connectivity index is 1.95. The molecule has 3 rings (SSSR count). The predicted molar refractivity (Wildman–Crippen MR) is 88.3 cm³/mol. The molecule has 0 atom stereocenters. The third-order valence-electron chi connectivity index (χ3n) is 3.15. The van der Waals surface area contributed by atoms with Gasteiger partial charge in [-0.2, -0.15) is 0 Å². The highest BCUT2D eigenvalue weighted by molar-refractivity contribution is 7.22. The third kappa shape index (κ3) is 2.65. The molecule has 0 aliphatic carbocycles. The van der Waals surface area contributed by atoms with E-state index >= 15 is 0 Å². The number of nitrogens with one attached hydrogen (secondary N) is 1. The SMILES string of the molecule is CCCc1ccccc1Nc1nc2cccc(Cl)c2s1. The second-order valence-corrected chi connectivity index (χ2v) is 6.05. The largest absolute Gasteiger partial charge is 0.331 e. The van der Waals surface area contributed by atoms with Gasteiger partial charge in [0.05, 0.1) is 15.2 Å². The number of benzene rings is 2. The number of aromatic nitrogens is 1. The van der Waals surface area contributed by atoms with E-state index in [-0.39, 0.29) is 0 Å². The minimum Gasteiger partial charge on any atom is -0.331 e. The second kappa shape index (κ2) is 5.81. The fourth-order valence-electron chi connectivity index (χ4n) is 2.21. The molecule has 0 amide bonds. The number of fused-ring (bicyclic) bond motifs is 1. The molecule has 0 bridgehead atoms. The Kier molecular flexibility index (Phi) is 3.90. The van der Waals surface area contributed by atoms with Gasteiger partial charge in [0.15, 0.2) is 5.13 Å². The van der Waals surface area contributed by atoms with Crippen LogP contribution in [0.25, 0.3) is 10.2 Å². The zero-order valence-electron chi connectivity index (χ0n) is 11.2. The number of hydrogen-bond acceptors (Lipinski definition) is 3. The average Bonchev–Trinajstić information content (AvgIpc) is 2.85. The van der Waals surface area contributed by atoms with Gasteiger partial charge in [0, 0.05) is 5.69 Å². The smallest absolute Gasteiger partial charge is 0.188 e. The summed E-state index contributed by atoms with van der Waals surface area (Å²) in [5, 5.41) is 5.07. The van der Waals surface area contributed by atoms with Crippen LogP contribution in [-0.2, 0) is 6.42 Å². The minimum atomic E-state index is 0.759. The molecule has 0 aliphatic rings. The van der Waals surface area contributed by atoms with Gasteiger partial charge in [-0.3, -0.25) is 0 Å². The summed E-state index contributed by atoms with van der Waals surface area (Å²) < 4.78 is 1.03. The van der Waals surface area contributed by atoms with E-state index in [0.29, 0.717) is 0 Å². The summed E-state index contributed by atoms with van der Waals surface area (Å²) in [5.41, 5.74) is 3.39. The van der Waals surface area contributed by atoms with Crippen LogP contribution >= 0.6 is 22.9 Å². The molecule has 1 N–H and O–H groups in total. The second-order valence-electron chi connectivity index (χ2n) is 4.64. The molecule has 1 heterocycles. The summed E-state index contributed by atoms with van der Waals surface area (Å²) in [6.45, 7) is 2.19. The molecule has 2 nitrogen and oxygen atoms in total. The minimum absolute atomic E-state index is 0.759. The van der Waals surface area contributed by atoms with Crippen LogP contribution < -0.4 is 5.32 Å². The van der Waals surface area contributed by atoms with Crippen molar-refractivity contribution in [2.24, 2.45) is 0 Å². The first kappa shape index (κ1) is 13.4. The maximum Gasteiger partial charge on any atom is 0.188 e. The molecule has 20 heavy (non-hydrogen) atoms. The third-order valence-corrected chi connectivity index (χ3v) is 4.59. The number of nitrogens with zero attached hydrogens (tertiary/aromatic N) is 1. The number of aryl methyl sites for hydroxylation is 1. The quantitative estimate of drug-likeness (QED) is 0.674. The van der Waals surface area contributed by atoms with E-state index in [1.165, 1.54) is 5.56 Å². The fourth-order valence-corrected chi connectivity index (χ4v) is 3.38. The van der Waals surface area contributed by atoms with Crippen molar-refractivity contribution in [1.82, 2.24) is 4.98 Å². The maximum atomic E-state index is 6.20. The molecule has 0 saturated heterocycles. The van der Waals surface area contributed by atoms with Crippen molar-refractivity contribution < 1.29 is 0 Å². The molecule has 4 heteroatoms. The van der Waals surface area contributed by atoms with Crippen molar-refractivity contribution >= 4 is 44.0 Å². The monoisotopic (exact) mass is 302 g/mol. The van der Waals surface area contributed by atoms with Crippen molar-refractivity contribution in [2.75, 3.05) is 5.32 Å². The normalized spacial score (nSPS) is 10.9. The Morgan fingerprint density at radius 2 is 2.00 bits per heavy atom. The maximum absolute atomic E-state index is 6.20. The summed E-state index contributed by atoms with van der Waals surface area (Å²) in [6.07, 6.45) is 2.19. The van der Waals surface area contributed by atoms with Crippen LogP contribution in [0.5, 0.6) is 0 Å². The highest BCUT2D eigenvalue weighted by Crippen LogP contribution is 2.33. The van der Waals surface area contributed by atoms with Gasteiger partial charge in [-0.25, -0.2) is 4.98 Å². The van der Waals surface area contributed by atoms with Crippen LogP contribution in [0, 0.1) is 0 Å². The molecule has 0 spiro atoms. The Hall–Kier alpha value is -1.58. The van der Waals surface area contributed by atoms with Crippen molar-refractivity contribution in [1.29, 1.82) is 0 Å². The summed E-state index contributed by atoms with van der Waals surface area (Å²) in [5.74, 6) is 0. The van der Waals surface area contributed by atoms with Crippen LogP contribution in [0.4, 0.5) is 10.8 Å². The van der Waals surface area contributed by atoms with Crippen molar-refractivity contribution in [3.05, 3.63) is 53.1 Å². The van der Waals surface area contributed by atoms with Crippen LogP contribution in [0.1, 0.15) is 18.9 Å². The number of para-hydroxylation sites is 1. The van der Waals surface area contributed by atoms with Crippen LogP contribution in [0.3, 0.4) is 0 Å². The first-order valence-corrected chi connectivity index (χ1v) is 7.87. The van der Waals surface area contributed by atoms with Crippen molar-refractivity contribution in [2.45, 2.75) is 19.8 Å². The summed E-state index contributed by atoms with van der Waals surface area (Å²) >= 11 is 7.79. The topological polar surface area (TPSA) is 24.9 Å². The molecule has 0 fully saturated rings. The first-order valence-electron chi connectivity index (χ1n) is 6.68. The Morgan fingerprint density at radius 3 is 2.80 bits per heavy atom. The summed E-state index contributed by atoms with van der Waals surface area (Å²) in [7, 11) is 0. The molecular formula is C16H15ClN2S. The average molecular weight is 303 g/mol. The molecular weight excluding hydrogens is 288 g/mol. The van der Waals surface area contributed by atoms with Gasteiger partial charge in [-0.05, 0) is 30.2 Å². The lowest BCUT2D eigenvalue weighted by Gasteiger charge is -2.08. The summed E-state index contributed by atoms with van der Waals surface area (Å²) in [6, 6.07) is 14.2. The van der Waals surface area contributed by atoms with E-state index in [0.717, 1.165) is 38.9 Å². The highest BCUT2D eigenvalue weighted by atomic mass is 35.5. The fraction of sp³-hybridized carbons (Fsp3) is 0.188. The number of anilines is 2. The Labute approximate surface area is 127 Å². The van der Waals surface area contributed by atoms with Gasteiger partial charge < -0.3 is 5.32 Å². The van der Waals surface area contributed by atoms with Crippen LogP contribution in [-0.4, -0.2) is 4.98 Å². The van der Waals surface area contributed by atoms with E-state index in [4.69, 9.17) is 11.6 Å². The summed E-state index contributed by atoms with van der Waals surface area (Å²) in [4.78, 5) is 4.59. The zero-order chi connectivity index (χ0) is 13.9. The van der Waals surface area contributed by atoms with Gasteiger partial charge >= 0.3 is 0 Å². The van der Waals surface area contributed by atoms with E-state index in [1.807, 2.05) is 24.3 Å². The molecule has 102 valence electrons. The first-order chi connectivity index (χ1) is 9.78. The molecule has 0 unspecified atom stereocenters. The number of hydrogen-bond donors (Lipinski definition) is 1. The van der Waals surface area contributed by atoms with E-state index < -0.39 is 0 Å². The van der Waals surface area contributed by atoms with E-state index in [1.54, 1.807) is 11.3 Å². The van der Waals surface area contributed by atoms with Gasteiger partial charge in [-0.15, -0.1) is 0 Å². The van der Waals surface area contributed by atoms with Crippen molar-refractivity contribution in [3.63, 3.8) is 0 Å². The predicted octanol–water partition coefficient (Wildman–Crippen LogP) is 5.65. The molecule has 0 aliphatic heterocycles. The Bertz CT molecular complexity index is 736. The van der Waals surface area contributed by atoms with E-state index in [2.05, 4.69) is 35.4 Å². The van der Waals surface area contributed by atoms with Gasteiger partial charge in [-0.1, -0.05) is 60.5 Å². The lowest BCUT2D eigenvalue weighted by atomic mass is 10.1. The Morgan fingerprint density at radius 1 is 1.15 bits per heavy atom. The number of thiazole rings is 1. The molecule has 3 aromatic rings. The van der Waals surface area contributed by atoms with Crippen LogP contribution in [0.2, 0.25) is 5.02 Å². The van der Waals surface area contributed by atoms with Gasteiger partial charge in [0.1, 0.15) is 0 Å². The van der Waals surface area contributed by atoms with E-state index in [9.17, 15) is 0 Å². The highest BCUT2D eigenvalue weighted by Gasteiger charge is 2.08. The standard InChI is InChI=1S/C16H15ClN2S/c1-2-6-11-7-3-4-9-13(11)18-16-19-14-10-5-8-12(17)15(14)20-16/h3-5,7-10H,2,6H2,1H3,(H,18,19). The molecule has 0 saturated carbocycles. The van der Waals surface area contributed by atoms with Crippen molar-refractivity contribution in [3.8, 4) is 0 Å². The molecule has 2 aromatic carbocycles. The number of halogens is 1. The lowest BCUT2D eigenvalue weighted by Crippen LogP contribution is -1.95. The van der Waals surface area contributed by atoms with Gasteiger partial charge in [0.25, 0.3) is 0 Å². The van der Waals surface area contributed by atoms with Gasteiger partial charge in [0.2, 0.25) is 0 Å². The number of rotatable bonds is 4. The zero-order valence-corrected chi connectivity index (χ0v) is 12.8. The van der Waals surface area contributed by atoms with Crippen LogP contribution in [0.15, 0.2) is 42.5 Å². The lowest BCUT2D eigenvalue weighted by molar-refractivity contribution is 0.923. The molecule has 0 radical (unpaired) electrons. The molecule has 1 aromatic heterocycles.